The first kappa shape index (κ1) is 19.0. The van der Waals surface area contributed by atoms with E-state index in [2.05, 4.69) is 17.0 Å². The molecule has 0 saturated heterocycles. The van der Waals surface area contributed by atoms with E-state index in [0.29, 0.717) is 12.2 Å². The third-order valence-electron chi connectivity index (χ3n) is 4.01. The number of hydrogen-bond acceptors (Lipinski definition) is 5. The minimum absolute atomic E-state index is 0.0808. The van der Waals surface area contributed by atoms with Gasteiger partial charge in [-0.25, -0.2) is 0 Å². The number of aromatic nitrogens is 2. The fraction of sp³-hybridized carbons (Fsp3) is 0.150. The van der Waals surface area contributed by atoms with Crippen LogP contribution in [0.1, 0.15) is 32.4 Å². The van der Waals surface area contributed by atoms with Gasteiger partial charge in [0, 0.05) is 7.05 Å². The van der Waals surface area contributed by atoms with Gasteiger partial charge in [0.25, 0.3) is 11.8 Å². The summed E-state index contributed by atoms with van der Waals surface area (Å²) in [7, 11) is 1.56. The quantitative estimate of drug-likeness (QED) is 0.584. The number of allylic oxidation sites excluding steroid dienone is 1. The van der Waals surface area contributed by atoms with Gasteiger partial charge in [-0.15, -0.1) is 6.58 Å². The van der Waals surface area contributed by atoms with Gasteiger partial charge in [0.15, 0.2) is 5.76 Å². The lowest BCUT2D eigenvalue weighted by molar-refractivity contribution is 0.0992. The zero-order chi connectivity index (χ0) is 20.1. The van der Waals surface area contributed by atoms with Gasteiger partial charge < -0.3 is 20.2 Å². The highest BCUT2D eigenvalue weighted by Crippen LogP contribution is 2.21. The molecule has 0 radical (unpaired) electrons. The Hall–Kier alpha value is -3.81. The number of primary amides is 1. The van der Waals surface area contributed by atoms with E-state index in [1.807, 2.05) is 24.3 Å². The van der Waals surface area contributed by atoms with Crippen LogP contribution in [0.3, 0.4) is 0 Å². The molecule has 0 aliphatic rings. The topological polar surface area (TPSA) is 112 Å². The Bertz CT molecular complexity index is 1020. The van der Waals surface area contributed by atoms with Gasteiger partial charge in [-0.1, -0.05) is 24.3 Å². The Morgan fingerprint density at radius 2 is 2.11 bits per heavy atom. The average molecular weight is 380 g/mol. The van der Waals surface area contributed by atoms with Gasteiger partial charge in [0.1, 0.15) is 23.8 Å². The third-order valence-corrected chi connectivity index (χ3v) is 4.01. The van der Waals surface area contributed by atoms with Crippen molar-refractivity contribution in [2.24, 2.45) is 12.8 Å². The average Bonchev–Trinajstić information content (AvgIpc) is 3.28. The number of nitrogens with zero attached hydrogens (tertiary/aromatic N) is 2. The maximum absolute atomic E-state index is 12.4. The number of para-hydroxylation sites is 1. The number of rotatable bonds is 8. The zero-order valence-electron chi connectivity index (χ0n) is 15.3. The molecule has 0 aliphatic heterocycles. The SMILES string of the molecule is C=CCc1ccccc1OCc1ccc(C(=O)Nc2cnn(C)c2C(N)=O)o1. The molecule has 3 N–H and O–H groups in total. The molecular formula is C20H20N4O4. The van der Waals surface area contributed by atoms with Crippen molar-refractivity contribution in [1.29, 1.82) is 0 Å². The zero-order valence-corrected chi connectivity index (χ0v) is 15.3. The fourth-order valence-electron chi connectivity index (χ4n) is 2.70. The molecular weight excluding hydrogens is 360 g/mol. The fourth-order valence-corrected chi connectivity index (χ4v) is 2.70. The van der Waals surface area contributed by atoms with Gasteiger partial charge in [0.2, 0.25) is 0 Å². The second-order valence-electron chi connectivity index (χ2n) is 6.00. The van der Waals surface area contributed by atoms with E-state index in [1.165, 1.54) is 16.9 Å². The van der Waals surface area contributed by atoms with Crippen molar-refractivity contribution >= 4 is 17.5 Å². The largest absolute Gasteiger partial charge is 0.485 e. The van der Waals surface area contributed by atoms with Crippen LogP contribution in [-0.4, -0.2) is 21.6 Å². The maximum Gasteiger partial charge on any atom is 0.291 e. The molecule has 8 heteroatoms. The molecule has 2 amide bonds. The molecule has 3 rings (SSSR count). The number of aryl methyl sites for hydroxylation is 1. The number of carbonyl (C=O) groups is 2. The number of amides is 2. The van der Waals surface area contributed by atoms with Crippen molar-refractivity contribution in [2.45, 2.75) is 13.0 Å². The number of nitrogens with one attached hydrogen (secondary N) is 1. The summed E-state index contributed by atoms with van der Waals surface area (Å²) in [5.74, 6) is 0.0826. The van der Waals surface area contributed by atoms with Crippen molar-refractivity contribution < 1.29 is 18.7 Å². The Morgan fingerprint density at radius 1 is 1.32 bits per heavy atom. The Kier molecular flexibility index (Phi) is 5.59. The lowest BCUT2D eigenvalue weighted by atomic mass is 10.1. The first-order valence-corrected chi connectivity index (χ1v) is 8.53. The summed E-state index contributed by atoms with van der Waals surface area (Å²) in [5, 5.41) is 6.49. The molecule has 0 atom stereocenters. The Labute approximate surface area is 161 Å². The minimum Gasteiger partial charge on any atom is -0.485 e. The summed E-state index contributed by atoms with van der Waals surface area (Å²) >= 11 is 0. The number of anilines is 1. The van der Waals surface area contributed by atoms with Crippen molar-refractivity contribution in [3.05, 3.63) is 78.0 Å². The number of furan rings is 1. The second-order valence-corrected chi connectivity index (χ2v) is 6.00. The van der Waals surface area contributed by atoms with E-state index in [9.17, 15) is 9.59 Å². The van der Waals surface area contributed by atoms with Crippen molar-refractivity contribution in [3.8, 4) is 5.75 Å². The van der Waals surface area contributed by atoms with Crippen LogP contribution in [0.2, 0.25) is 0 Å². The summed E-state index contributed by atoms with van der Waals surface area (Å²) < 4.78 is 12.6. The number of carbonyl (C=O) groups excluding carboxylic acids is 2. The van der Waals surface area contributed by atoms with Crippen LogP contribution in [0.15, 0.2) is 59.7 Å². The molecule has 3 aromatic rings. The van der Waals surface area contributed by atoms with Crippen molar-refractivity contribution in [3.63, 3.8) is 0 Å². The first-order chi connectivity index (χ1) is 13.5. The highest BCUT2D eigenvalue weighted by Gasteiger charge is 2.19. The molecule has 0 unspecified atom stereocenters. The smallest absolute Gasteiger partial charge is 0.291 e. The molecule has 28 heavy (non-hydrogen) atoms. The molecule has 0 saturated carbocycles. The van der Waals surface area contributed by atoms with E-state index in [-0.39, 0.29) is 23.7 Å². The van der Waals surface area contributed by atoms with Gasteiger partial charge >= 0.3 is 0 Å². The normalized spacial score (nSPS) is 10.5. The summed E-state index contributed by atoms with van der Waals surface area (Å²) in [5.41, 5.74) is 6.64. The third kappa shape index (κ3) is 4.12. The van der Waals surface area contributed by atoms with Crippen LogP contribution in [-0.2, 0) is 20.1 Å². The summed E-state index contributed by atoms with van der Waals surface area (Å²) in [4.78, 5) is 23.9. The molecule has 8 nitrogen and oxygen atoms in total. The van der Waals surface area contributed by atoms with Crippen LogP contribution in [0.4, 0.5) is 5.69 Å². The van der Waals surface area contributed by atoms with Gasteiger partial charge in [-0.05, 0) is 30.2 Å². The lowest BCUT2D eigenvalue weighted by Crippen LogP contribution is -2.20. The van der Waals surface area contributed by atoms with Gasteiger partial charge in [-0.3, -0.25) is 14.3 Å². The van der Waals surface area contributed by atoms with Crippen molar-refractivity contribution in [2.75, 3.05) is 5.32 Å². The predicted octanol–water partition coefficient (Wildman–Crippen LogP) is 2.67. The second kappa shape index (κ2) is 8.26. The Morgan fingerprint density at radius 3 is 2.86 bits per heavy atom. The minimum atomic E-state index is -0.693. The van der Waals surface area contributed by atoms with Crippen molar-refractivity contribution in [1.82, 2.24) is 9.78 Å². The number of nitrogens with two attached hydrogens (primary N) is 1. The Balaban J connectivity index is 1.67. The monoisotopic (exact) mass is 380 g/mol. The van der Waals surface area contributed by atoms with E-state index in [4.69, 9.17) is 14.9 Å². The van der Waals surface area contributed by atoms with Crippen LogP contribution >= 0.6 is 0 Å². The maximum atomic E-state index is 12.4. The highest BCUT2D eigenvalue weighted by atomic mass is 16.5. The summed E-state index contributed by atoms with van der Waals surface area (Å²) in [6.45, 7) is 3.91. The van der Waals surface area contributed by atoms with E-state index < -0.39 is 11.8 Å². The molecule has 0 aliphatic carbocycles. The van der Waals surface area contributed by atoms with Crippen LogP contribution in [0.25, 0.3) is 0 Å². The molecule has 2 heterocycles. The van der Waals surface area contributed by atoms with E-state index in [1.54, 1.807) is 19.2 Å². The first-order valence-electron chi connectivity index (χ1n) is 8.53. The standard InChI is InChI=1S/C20H20N4O4/c1-3-6-13-7-4-5-8-16(13)27-12-14-9-10-17(28-14)20(26)23-15-11-22-24(2)18(15)19(21)25/h3-5,7-11H,1,6,12H2,2H3,(H2,21,25)(H,23,26). The molecule has 144 valence electrons. The lowest BCUT2D eigenvalue weighted by Gasteiger charge is -2.09. The predicted molar refractivity (Wildman–Crippen MR) is 103 cm³/mol. The molecule has 2 aromatic heterocycles. The molecule has 1 aromatic carbocycles. The van der Waals surface area contributed by atoms with E-state index >= 15 is 0 Å². The highest BCUT2D eigenvalue weighted by molar-refractivity contribution is 6.06. The van der Waals surface area contributed by atoms with Gasteiger partial charge in [0.05, 0.1) is 11.9 Å². The van der Waals surface area contributed by atoms with Gasteiger partial charge in [-0.2, -0.15) is 5.10 Å². The summed E-state index contributed by atoms with van der Waals surface area (Å²) in [6, 6.07) is 10.8. The van der Waals surface area contributed by atoms with Crippen LogP contribution in [0.5, 0.6) is 5.75 Å². The molecule has 0 fully saturated rings. The number of hydrogen-bond donors (Lipinski definition) is 2. The molecule has 0 spiro atoms. The number of benzene rings is 1. The number of ether oxygens (including phenoxy) is 1. The van der Waals surface area contributed by atoms with Crippen LogP contribution in [0, 0.1) is 0 Å². The van der Waals surface area contributed by atoms with Crippen LogP contribution < -0.4 is 15.8 Å². The van der Waals surface area contributed by atoms with E-state index in [0.717, 1.165) is 11.3 Å². The molecule has 0 bridgehead atoms. The summed E-state index contributed by atoms with van der Waals surface area (Å²) in [6.07, 6.45) is 3.84.